The van der Waals surface area contributed by atoms with Gasteiger partial charge in [-0.25, -0.2) is 5.73 Å². The summed E-state index contributed by atoms with van der Waals surface area (Å²) >= 11 is 0. The van der Waals surface area contributed by atoms with E-state index in [-0.39, 0.29) is 0 Å². The van der Waals surface area contributed by atoms with Crippen molar-refractivity contribution in [1.82, 2.24) is 0 Å². The Bertz CT molecular complexity index is 170. The Morgan fingerprint density at radius 1 is 1.25 bits per heavy atom. The number of hydrogen-bond donors (Lipinski definition) is 0. The van der Waals surface area contributed by atoms with E-state index in [0.717, 1.165) is 11.1 Å². The smallest absolute Gasteiger partial charge is 0.0857 e. The van der Waals surface area contributed by atoms with Crippen LogP contribution in [0.5, 0.6) is 0 Å². The Kier molecular flexibility index (Phi) is 1.11. The van der Waals surface area contributed by atoms with E-state index in [0.29, 0.717) is 0 Å². The van der Waals surface area contributed by atoms with E-state index in [4.69, 9.17) is 0 Å². The number of hydrogen-bond acceptors (Lipinski definition) is 0. The molecule has 0 aromatic heterocycles. The molecule has 0 aromatic carbocycles. The lowest BCUT2D eigenvalue weighted by Crippen LogP contribution is -1.82. The Labute approximate surface area is 49.5 Å². The SMILES string of the molecule is C=C1C=C=CC(=C)[CH-]1. The van der Waals surface area contributed by atoms with Crippen molar-refractivity contribution < 1.29 is 0 Å². The summed E-state index contributed by atoms with van der Waals surface area (Å²) in [4.78, 5) is 0. The topological polar surface area (TPSA) is 0 Å². The van der Waals surface area contributed by atoms with Crippen LogP contribution < -0.4 is 0 Å². The summed E-state index contributed by atoms with van der Waals surface area (Å²) in [6.45, 7) is 7.42. The quantitative estimate of drug-likeness (QED) is 0.325. The van der Waals surface area contributed by atoms with Crippen LogP contribution >= 0.6 is 0 Å². The van der Waals surface area contributed by atoms with Crippen molar-refractivity contribution in [3.63, 3.8) is 0 Å². The van der Waals surface area contributed by atoms with Gasteiger partial charge in [0.05, 0.1) is 0 Å². The van der Waals surface area contributed by atoms with Crippen LogP contribution in [-0.2, 0) is 0 Å². The summed E-state index contributed by atoms with van der Waals surface area (Å²) in [5.74, 6) is 0. The van der Waals surface area contributed by atoms with Gasteiger partial charge in [0.15, 0.2) is 0 Å². The van der Waals surface area contributed by atoms with Gasteiger partial charge in [0, 0.05) is 0 Å². The molecule has 1 rings (SSSR count). The summed E-state index contributed by atoms with van der Waals surface area (Å²) in [7, 11) is 0. The lowest BCUT2D eigenvalue weighted by Gasteiger charge is -2.08. The van der Waals surface area contributed by atoms with Gasteiger partial charge >= 0.3 is 0 Å². The fraction of sp³-hybridized carbons (Fsp3) is 0. The lowest BCUT2D eigenvalue weighted by molar-refractivity contribution is 1.48. The van der Waals surface area contributed by atoms with Gasteiger partial charge in [-0.3, -0.25) is 0 Å². The van der Waals surface area contributed by atoms with E-state index in [1.54, 1.807) is 0 Å². The highest BCUT2D eigenvalue weighted by molar-refractivity contribution is 5.42. The minimum Gasteiger partial charge on any atom is -0.202 e. The summed E-state index contributed by atoms with van der Waals surface area (Å²) < 4.78 is 0. The molecule has 0 saturated heterocycles. The van der Waals surface area contributed by atoms with Gasteiger partial charge < -0.3 is 0 Å². The van der Waals surface area contributed by atoms with Crippen LogP contribution in [0.4, 0.5) is 0 Å². The van der Waals surface area contributed by atoms with Crippen LogP contribution in [0.3, 0.4) is 0 Å². The molecule has 0 saturated carbocycles. The first kappa shape index (κ1) is 5.02. The third-order valence-electron chi connectivity index (χ3n) is 0.908. The first-order chi connectivity index (χ1) is 3.79. The van der Waals surface area contributed by atoms with Crippen LogP contribution in [0, 0.1) is 6.42 Å². The fourth-order valence-electron chi connectivity index (χ4n) is 0.577. The van der Waals surface area contributed by atoms with Crippen molar-refractivity contribution in [3.8, 4) is 0 Å². The summed E-state index contributed by atoms with van der Waals surface area (Å²) in [5.41, 5.74) is 4.84. The second-order valence-electron chi connectivity index (χ2n) is 1.75. The highest BCUT2D eigenvalue weighted by atomic mass is 14.0. The molecule has 0 bridgehead atoms. The maximum atomic E-state index is 3.71. The molecular weight excluding hydrogens is 96.1 g/mol. The third kappa shape index (κ3) is 0.927. The zero-order valence-electron chi connectivity index (χ0n) is 4.65. The molecule has 0 aromatic rings. The van der Waals surface area contributed by atoms with Crippen molar-refractivity contribution in [3.05, 3.63) is 48.6 Å². The average molecular weight is 103 g/mol. The minimum atomic E-state index is 0.970. The normalized spacial score (nSPS) is 16.5. The molecule has 0 fully saturated rings. The second-order valence-corrected chi connectivity index (χ2v) is 1.75. The Morgan fingerprint density at radius 3 is 2.00 bits per heavy atom. The summed E-state index contributed by atoms with van der Waals surface area (Å²) in [6.07, 6.45) is 5.57. The Morgan fingerprint density at radius 2 is 1.75 bits per heavy atom. The molecule has 0 atom stereocenters. The Hall–Kier alpha value is -1.13. The summed E-state index contributed by atoms with van der Waals surface area (Å²) in [5, 5.41) is 0. The maximum absolute atomic E-state index is 3.71. The molecule has 1 aliphatic carbocycles. The maximum Gasteiger partial charge on any atom is -0.0857 e. The monoisotopic (exact) mass is 103 g/mol. The molecule has 0 N–H and O–H groups in total. The van der Waals surface area contributed by atoms with E-state index >= 15 is 0 Å². The molecule has 40 valence electrons. The highest BCUT2D eigenvalue weighted by Crippen LogP contribution is 2.10. The van der Waals surface area contributed by atoms with Gasteiger partial charge in [-0.1, -0.05) is 12.2 Å². The molecule has 0 heterocycles. The van der Waals surface area contributed by atoms with Gasteiger partial charge in [0.2, 0.25) is 0 Å². The molecule has 0 unspecified atom stereocenters. The number of rotatable bonds is 0. The van der Waals surface area contributed by atoms with Crippen molar-refractivity contribution in [2.24, 2.45) is 0 Å². The van der Waals surface area contributed by atoms with E-state index in [1.807, 2.05) is 18.6 Å². The van der Waals surface area contributed by atoms with Gasteiger partial charge in [-0.15, -0.1) is 17.6 Å². The van der Waals surface area contributed by atoms with Crippen molar-refractivity contribution in [2.45, 2.75) is 0 Å². The molecule has 0 heteroatoms. The van der Waals surface area contributed by atoms with E-state index in [9.17, 15) is 0 Å². The molecule has 0 spiro atoms. The fourth-order valence-corrected chi connectivity index (χ4v) is 0.577. The third-order valence-corrected chi connectivity index (χ3v) is 0.908. The van der Waals surface area contributed by atoms with Gasteiger partial charge in [-0.2, -0.15) is 13.2 Å². The molecular formula is C8H7-. The summed E-state index contributed by atoms with van der Waals surface area (Å²) in [6, 6.07) is 0. The van der Waals surface area contributed by atoms with Crippen LogP contribution in [0.1, 0.15) is 0 Å². The van der Waals surface area contributed by atoms with Crippen molar-refractivity contribution in [1.29, 1.82) is 0 Å². The largest absolute Gasteiger partial charge is 0.202 e. The Balaban J connectivity index is 2.92. The van der Waals surface area contributed by atoms with Gasteiger partial charge in [-0.05, 0) is 0 Å². The molecule has 0 amide bonds. The first-order valence-electron chi connectivity index (χ1n) is 2.44. The van der Waals surface area contributed by atoms with Crippen molar-refractivity contribution in [2.75, 3.05) is 0 Å². The first-order valence-corrected chi connectivity index (χ1v) is 2.44. The zero-order valence-corrected chi connectivity index (χ0v) is 4.65. The zero-order chi connectivity index (χ0) is 5.98. The predicted molar refractivity (Wildman–Crippen MR) is 35.2 cm³/mol. The minimum absolute atomic E-state index is 0.970. The highest BCUT2D eigenvalue weighted by Gasteiger charge is 1.84. The lowest BCUT2D eigenvalue weighted by atomic mass is 10.0. The number of allylic oxidation sites excluding steroid dienone is 3. The van der Waals surface area contributed by atoms with E-state index in [1.165, 1.54) is 0 Å². The van der Waals surface area contributed by atoms with Crippen LogP contribution in [0.2, 0.25) is 0 Å². The molecule has 1 aliphatic rings. The average Bonchev–Trinajstić information content (AvgIpc) is 1.64. The molecule has 0 radical (unpaired) electrons. The molecule has 8 heavy (non-hydrogen) atoms. The van der Waals surface area contributed by atoms with Crippen LogP contribution in [0.25, 0.3) is 0 Å². The van der Waals surface area contributed by atoms with Crippen LogP contribution in [0.15, 0.2) is 42.2 Å². The van der Waals surface area contributed by atoms with Crippen molar-refractivity contribution >= 4 is 0 Å². The van der Waals surface area contributed by atoms with E-state index < -0.39 is 0 Å². The standard InChI is InChI=1S/C8H7/c1-7-4-3-5-8(2)6-7/h4-6H,1-2H2/q-1. The van der Waals surface area contributed by atoms with Gasteiger partial charge in [0.1, 0.15) is 0 Å². The van der Waals surface area contributed by atoms with E-state index in [2.05, 4.69) is 18.9 Å². The molecule has 0 aliphatic heterocycles. The molecule has 0 nitrogen and oxygen atoms in total. The second kappa shape index (κ2) is 1.77. The van der Waals surface area contributed by atoms with Gasteiger partial charge in [0.25, 0.3) is 0 Å². The predicted octanol–water partition coefficient (Wildman–Crippen LogP) is 2.03. The van der Waals surface area contributed by atoms with Crippen LogP contribution in [-0.4, -0.2) is 0 Å².